The van der Waals surface area contributed by atoms with Gasteiger partial charge in [0.05, 0.1) is 11.9 Å². The van der Waals surface area contributed by atoms with E-state index in [2.05, 4.69) is 4.90 Å². The molecule has 0 aromatic heterocycles. The van der Waals surface area contributed by atoms with Gasteiger partial charge in [0.15, 0.2) is 0 Å². The molecule has 0 radical (unpaired) electrons. The molecule has 6 heteroatoms. The molecular formula is C16H26N2O3S. The molecule has 0 N–H and O–H groups in total. The third kappa shape index (κ3) is 4.52. The minimum absolute atomic E-state index is 0.150. The average molecular weight is 326 g/mol. The van der Waals surface area contributed by atoms with E-state index in [0.717, 1.165) is 18.5 Å². The maximum absolute atomic E-state index is 12.4. The molecule has 1 aromatic carbocycles. The molecule has 22 heavy (non-hydrogen) atoms. The van der Waals surface area contributed by atoms with E-state index in [9.17, 15) is 8.42 Å². The number of aryl methyl sites for hydroxylation is 1. The molecule has 1 aromatic rings. The number of hydrogen-bond acceptors (Lipinski definition) is 4. The number of likely N-dealkylation sites (tertiary alicyclic amines) is 1. The lowest BCUT2D eigenvalue weighted by atomic mass is 10.2. The van der Waals surface area contributed by atoms with Crippen molar-refractivity contribution in [3.63, 3.8) is 0 Å². The van der Waals surface area contributed by atoms with Crippen LogP contribution in [0.15, 0.2) is 30.3 Å². The fourth-order valence-corrected chi connectivity index (χ4v) is 4.08. The maximum atomic E-state index is 12.4. The van der Waals surface area contributed by atoms with Crippen molar-refractivity contribution in [3.8, 4) is 0 Å². The summed E-state index contributed by atoms with van der Waals surface area (Å²) in [5.74, 6) is 0.150. The quantitative estimate of drug-likeness (QED) is 0.756. The first-order valence-corrected chi connectivity index (χ1v) is 9.24. The molecule has 0 spiro atoms. The third-order valence-electron chi connectivity index (χ3n) is 4.42. The van der Waals surface area contributed by atoms with Gasteiger partial charge in [0.1, 0.15) is 0 Å². The lowest BCUT2D eigenvalue weighted by Gasteiger charge is -2.25. The lowest BCUT2D eigenvalue weighted by Crippen LogP contribution is -2.40. The largest absolute Gasteiger partial charge is 0.380 e. The van der Waals surface area contributed by atoms with Crippen molar-refractivity contribution in [3.05, 3.63) is 35.9 Å². The summed E-state index contributed by atoms with van der Waals surface area (Å²) in [6, 6.07) is 9.95. The molecule has 1 aliphatic heterocycles. The predicted molar refractivity (Wildman–Crippen MR) is 88.4 cm³/mol. The van der Waals surface area contributed by atoms with Gasteiger partial charge in [-0.05, 0) is 25.5 Å². The molecule has 124 valence electrons. The summed E-state index contributed by atoms with van der Waals surface area (Å²) in [6.07, 6.45) is 1.63. The fourth-order valence-electron chi connectivity index (χ4n) is 2.87. The van der Waals surface area contributed by atoms with Crippen LogP contribution in [-0.4, -0.2) is 69.8 Å². The van der Waals surface area contributed by atoms with Crippen molar-refractivity contribution in [2.75, 3.05) is 40.0 Å². The first-order chi connectivity index (χ1) is 10.4. The molecular weight excluding hydrogens is 300 g/mol. The van der Waals surface area contributed by atoms with Crippen LogP contribution in [0.4, 0.5) is 0 Å². The Bertz CT molecular complexity index is 562. The first kappa shape index (κ1) is 17.4. The standard InChI is InChI=1S/C16H26N2O3S/c1-17-13-16(21-3)11-15(17)12-18(2)22(19,20)10-9-14-7-5-4-6-8-14/h4-8,15-16H,9-13H2,1-3H3/t15-,16-/m0/s1. The number of methoxy groups -OCH3 is 1. The van der Waals surface area contributed by atoms with E-state index in [1.165, 1.54) is 4.31 Å². The van der Waals surface area contributed by atoms with Crippen molar-refractivity contribution < 1.29 is 13.2 Å². The van der Waals surface area contributed by atoms with Crippen molar-refractivity contribution in [1.29, 1.82) is 0 Å². The van der Waals surface area contributed by atoms with Gasteiger partial charge in [-0.2, -0.15) is 0 Å². The summed E-state index contributed by atoms with van der Waals surface area (Å²) in [7, 11) is 2.18. The smallest absolute Gasteiger partial charge is 0.214 e. The van der Waals surface area contributed by atoms with Crippen LogP contribution in [-0.2, 0) is 21.2 Å². The van der Waals surface area contributed by atoms with Crippen molar-refractivity contribution in [1.82, 2.24) is 9.21 Å². The highest BCUT2D eigenvalue weighted by Crippen LogP contribution is 2.19. The normalized spacial score (nSPS) is 23.3. The van der Waals surface area contributed by atoms with Crippen LogP contribution in [0, 0.1) is 0 Å². The lowest BCUT2D eigenvalue weighted by molar-refractivity contribution is 0.111. The first-order valence-electron chi connectivity index (χ1n) is 7.63. The van der Waals surface area contributed by atoms with Gasteiger partial charge in [-0.1, -0.05) is 30.3 Å². The van der Waals surface area contributed by atoms with Crippen molar-refractivity contribution >= 4 is 10.0 Å². The Morgan fingerprint density at radius 2 is 2.00 bits per heavy atom. The average Bonchev–Trinajstić information content (AvgIpc) is 2.86. The van der Waals surface area contributed by atoms with Gasteiger partial charge in [0.2, 0.25) is 10.0 Å². The Hall–Kier alpha value is -0.950. The van der Waals surface area contributed by atoms with Crippen LogP contribution >= 0.6 is 0 Å². The highest BCUT2D eigenvalue weighted by atomic mass is 32.2. The topological polar surface area (TPSA) is 49.9 Å². The van der Waals surface area contributed by atoms with E-state index >= 15 is 0 Å². The summed E-state index contributed by atoms with van der Waals surface area (Å²) in [5, 5.41) is 0. The summed E-state index contributed by atoms with van der Waals surface area (Å²) < 4.78 is 31.7. The van der Waals surface area contributed by atoms with Gasteiger partial charge in [0, 0.05) is 33.3 Å². The molecule has 0 amide bonds. The number of benzene rings is 1. The molecule has 0 saturated carbocycles. The number of ether oxygens (including phenoxy) is 1. The Kier molecular flexibility index (Phi) is 5.97. The van der Waals surface area contributed by atoms with E-state index in [1.807, 2.05) is 37.4 Å². The molecule has 1 fully saturated rings. The molecule has 1 saturated heterocycles. The van der Waals surface area contributed by atoms with E-state index in [0.29, 0.717) is 13.0 Å². The maximum Gasteiger partial charge on any atom is 0.214 e. The van der Waals surface area contributed by atoms with Crippen LogP contribution in [0.1, 0.15) is 12.0 Å². The second-order valence-corrected chi connectivity index (χ2v) is 8.21. The molecule has 5 nitrogen and oxygen atoms in total. The second kappa shape index (κ2) is 7.55. The van der Waals surface area contributed by atoms with Gasteiger partial charge in [-0.3, -0.25) is 4.90 Å². The zero-order valence-corrected chi connectivity index (χ0v) is 14.4. The van der Waals surface area contributed by atoms with E-state index in [1.54, 1.807) is 14.2 Å². The number of hydrogen-bond donors (Lipinski definition) is 0. The van der Waals surface area contributed by atoms with Gasteiger partial charge < -0.3 is 4.74 Å². The summed E-state index contributed by atoms with van der Waals surface area (Å²) >= 11 is 0. The SMILES string of the molecule is CO[C@H]1C[C@@H](CN(C)S(=O)(=O)CCc2ccccc2)N(C)C1. The van der Waals surface area contributed by atoms with Crippen LogP contribution < -0.4 is 0 Å². The number of nitrogens with zero attached hydrogens (tertiary/aromatic N) is 2. The van der Waals surface area contributed by atoms with Gasteiger partial charge in [-0.25, -0.2) is 12.7 Å². The van der Waals surface area contributed by atoms with Crippen LogP contribution in [0.5, 0.6) is 0 Å². The second-order valence-electron chi connectivity index (χ2n) is 6.02. The summed E-state index contributed by atoms with van der Waals surface area (Å²) in [6.45, 7) is 1.38. The number of likely N-dealkylation sites (N-methyl/N-ethyl adjacent to an activating group) is 2. The van der Waals surface area contributed by atoms with Crippen LogP contribution in [0.2, 0.25) is 0 Å². The van der Waals surface area contributed by atoms with Gasteiger partial charge in [0.25, 0.3) is 0 Å². The third-order valence-corrected chi connectivity index (χ3v) is 6.24. The van der Waals surface area contributed by atoms with Crippen LogP contribution in [0.3, 0.4) is 0 Å². The Labute approximate surface area is 133 Å². The Balaban J connectivity index is 1.89. The highest BCUT2D eigenvalue weighted by Gasteiger charge is 2.32. The van der Waals surface area contributed by atoms with Gasteiger partial charge in [-0.15, -0.1) is 0 Å². The van der Waals surface area contributed by atoms with Crippen LogP contribution in [0.25, 0.3) is 0 Å². The van der Waals surface area contributed by atoms with E-state index in [4.69, 9.17) is 4.74 Å². The zero-order chi connectivity index (χ0) is 16.2. The predicted octanol–water partition coefficient (Wildman–Crippen LogP) is 1.21. The molecule has 2 atom stereocenters. The summed E-state index contributed by atoms with van der Waals surface area (Å²) in [4.78, 5) is 2.18. The molecule has 1 aliphatic rings. The minimum atomic E-state index is -3.23. The van der Waals surface area contributed by atoms with Crippen molar-refractivity contribution in [2.45, 2.75) is 25.0 Å². The Morgan fingerprint density at radius 3 is 2.59 bits per heavy atom. The monoisotopic (exact) mass is 326 g/mol. The molecule has 1 heterocycles. The minimum Gasteiger partial charge on any atom is -0.380 e. The van der Waals surface area contributed by atoms with Crippen molar-refractivity contribution in [2.24, 2.45) is 0 Å². The number of sulfonamides is 1. The molecule has 0 aliphatic carbocycles. The molecule has 0 unspecified atom stereocenters. The molecule has 2 rings (SSSR count). The summed E-state index contributed by atoms with van der Waals surface area (Å²) in [5.41, 5.74) is 1.05. The Morgan fingerprint density at radius 1 is 1.32 bits per heavy atom. The highest BCUT2D eigenvalue weighted by molar-refractivity contribution is 7.89. The van der Waals surface area contributed by atoms with E-state index < -0.39 is 10.0 Å². The number of rotatable bonds is 7. The van der Waals surface area contributed by atoms with Gasteiger partial charge >= 0.3 is 0 Å². The van der Waals surface area contributed by atoms with E-state index in [-0.39, 0.29) is 17.9 Å². The zero-order valence-electron chi connectivity index (χ0n) is 13.6. The molecule has 0 bridgehead atoms. The fraction of sp³-hybridized carbons (Fsp3) is 0.625.